The van der Waals surface area contributed by atoms with E-state index in [1.807, 2.05) is 44.4 Å². The monoisotopic (exact) mass is 459 g/mol. The van der Waals surface area contributed by atoms with Gasteiger partial charge in [0.15, 0.2) is 0 Å². The first-order valence-corrected chi connectivity index (χ1v) is 12.4. The van der Waals surface area contributed by atoms with Gasteiger partial charge in [0.05, 0.1) is 18.7 Å². The summed E-state index contributed by atoms with van der Waals surface area (Å²) in [7, 11) is 4.06. The fourth-order valence-corrected chi connectivity index (χ4v) is 4.50. The standard InChI is InChI=1S/C28H37N5O/c1-33(2)27-25-12-6-7-13-26(25)31-28(32-27)30-24-16-14-22(15-17-24)20-29-18-8-9-19-34-21-23-10-4-3-5-11-23/h3-13,22,24,29H,14-21H2,1-2H3,(H,30,31,32). The van der Waals surface area contributed by atoms with Gasteiger partial charge in [-0.1, -0.05) is 54.6 Å². The van der Waals surface area contributed by atoms with E-state index in [1.165, 1.54) is 18.4 Å². The Labute approximate surface area is 203 Å². The highest BCUT2D eigenvalue weighted by molar-refractivity contribution is 5.90. The molecule has 34 heavy (non-hydrogen) atoms. The zero-order valence-electron chi connectivity index (χ0n) is 20.4. The molecule has 180 valence electrons. The summed E-state index contributed by atoms with van der Waals surface area (Å²) >= 11 is 0. The van der Waals surface area contributed by atoms with E-state index in [-0.39, 0.29) is 0 Å². The first kappa shape index (κ1) is 24.2. The fourth-order valence-electron chi connectivity index (χ4n) is 4.50. The van der Waals surface area contributed by atoms with Gasteiger partial charge in [0.25, 0.3) is 0 Å². The Hall–Kier alpha value is -2.96. The molecule has 0 amide bonds. The molecule has 6 nitrogen and oxygen atoms in total. The maximum absolute atomic E-state index is 5.69. The molecule has 1 aromatic heterocycles. The van der Waals surface area contributed by atoms with Crippen LogP contribution in [0.2, 0.25) is 0 Å². The van der Waals surface area contributed by atoms with Crippen molar-refractivity contribution < 1.29 is 4.74 Å². The van der Waals surface area contributed by atoms with Crippen molar-refractivity contribution in [1.29, 1.82) is 0 Å². The van der Waals surface area contributed by atoms with E-state index in [0.717, 1.165) is 54.5 Å². The molecule has 1 saturated carbocycles. The molecule has 1 aliphatic carbocycles. The topological polar surface area (TPSA) is 62.3 Å². The molecule has 2 aromatic carbocycles. The molecule has 2 N–H and O–H groups in total. The van der Waals surface area contributed by atoms with Gasteiger partial charge in [-0.25, -0.2) is 4.98 Å². The number of anilines is 2. The van der Waals surface area contributed by atoms with Crippen LogP contribution in [0.25, 0.3) is 10.9 Å². The summed E-state index contributed by atoms with van der Waals surface area (Å²) in [6.07, 6.45) is 9.03. The van der Waals surface area contributed by atoms with Crippen LogP contribution >= 0.6 is 0 Å². The van der Waals surface area contributed by atoms with Gasteiger partial charge in [-0.3, -0.25) is 0 Å². The van der Waals surface area contributed by atoms with Crippen molar-refractivity contribution in [3.63, 3.8) is 0 Å². The van der Waals surface area contributed by atoms with Crippen molar-refractivity contribution >= 4 is 22.7 Å². The van der Waals surface area contributed by atoms with Crippen molar-refractivity contribution in [2.75, 3.05) is 44.0 Å². The van der Waals surface area contributed by atoms with E-state index in [2.05, 4.69) is 52.0 Å². The zero-order valence-corrected chi connectivity index (χ0v) is 20.4. The minimum absolute atomic E-state index is 0.439. The van der Waals surface area contributed by atoms with Crippen LogP contribution < -0.4 is 15.5 Å². The normalized spacial score (nSPS) is 18.4. The van der Waals surface area contributed by atoms with E-state index in [1.54, 1.807) is 0 Å². The van der Waals surface area contributed by atoms with Crippen molar-refractivity contribution in [2.45, 2.75) is 38.3 Å². The van der Waals surface area contributed by atoms with E-state index in [9.17, 15) is 0 Å². The van der Waals surface area contributed by atoms with Crippen molar-refractivity contribution in [1.82, 2.24) is 15.3 Å². The Morgan fingerprint density at radius 2 is 1.71 bits per heavy atom. The second-order valence-electron chi connectivity index (χ2n) is 9.27. The average molecular weight is 460 g/mol. The number of rotatable bonds is 11. The first-order valence-electron chi connectivity index (χ1n) is 12.4. The maximum atomic E-state index is 5.69. The second-order valence-corrected chi connectivity index (χ2v) is 9.27. The minimum atomic E-state index is 0.439. The third kappa shape index (κ3) is 7.02. The Bertz CT molecular complexity index is 1050. The highest BCUT2D eigenvalue weighted by Crippen LogP contribution is 2.28. The van der Waals surface area contributed by atoms with Gasteiger partial charge in [-0.2, -0.15) is 4.98 Å². The number of hydrogen-bond donors (Lipinski definition) is 2. The number of hydrogen-bond acceptors (Lipinski definition) is 6. The van der Waals surface area contributed by atoms with Crippen LogP contribution in [0.3, 0.4) is 0 Å². The molecule has 0 atom stereocenters. The predicted molar refractivity (Wildman–Crippen MR) is 141 cm³/mol. The SMILES string of the molecule is CN(C)c1nc(NC2CCC(CNCC=CCOCc3ccccc3)CC2)nc2ccccc12. The highest BCUT2D eigenvalue weighted by Gasteiger charge is 2.22. The lowest BCUT2D eigenvalue weighted by Crippen LogP contribution is -2.32. The number of fused-ring (bicyclic) bond motifs is 1. The molecule has 3 aromatic rings. The molecule has 6 heteroatoms. The van der Waals surface area contributed by atoms with Crippen LogP contribution in [0.5, 0.6) is 0 Å². The van der Waals surface area contributed by atoms with Crippen molar-refractivity contribution in [3.05, 3.63) is 72.3 Å². The van der Waals surface area contributed by atoms with Gasteiger partial charge in [0, 0.05) is 32.1 Å². The van der Waals surface area contributed by atoms with Crippen LogP contribution in [-0.4, -0.2) is 49.8 Å². The molecule has 4 rings (SSSR count). The van der Waals surface area contributed by atoms with Gasteiger partial charge >= 0.3 is 0 Å². The Morgan fingerprint density at radius 3 is 2.50 bits per heavy atom. The third-order valence-corrected chi connectivity index (χ3v) is 6.37. The Morgan fingerprint density at radius 1 is 0.941 bits per heavy atom. The van der Waals surface area contributed by atoms with Crippen LogP contribution in [0, 0.1) is 5.92 Å². The lowest BCUT2D eigenvalue weighted by Gasteiger charge is -2.29. The molecule has 1 heterocycles. The van der Waals surface area contributed by atoms with E-state index < -0.39 is 0 Å². The Balaban J connectivity index is 1.14. The average Bonchev–Trinajstić information content (AvgIpc) is 2.86. The van der Waals surface area contributed by atoms with Gasteiger partial charge in [0.2, 0.25) is 5.95 Å². The predicted octanol–water partition coefficient (Wildman–Crippen LogP) is 5.03. The quantitative estimate of drug-likeness (QED) is 0.310. The van der Waals surface area contributed by atoms with Crippen molar-refractivity contribution in [3.8, 4) is 0 Å². The van der Waals surface area contributed by atoms with Gasteiger partial charge in [-0.15, -0.1) is 0 Å². The summed E-state index contributed by atoms with van der Waals surface area (Å²) in [5.74, 6) is 2.43. The molecule has 0 aliphatic heterocycles. The molecular formula is C28H37N5O. The number of nitrogens with one attached hydrogen (secondary N) is 2. The third-order valence-electron chi connectivity index (χ3n) is 6.37. The van der Waals surface area contributed by atoms with Gasteiger partial charge in [0.1, 0.15) is 5.82 Å². The van der Waals surface area contributed by atoms with Crippen LogP contribution in [0.15, 0.2) is 66.7 Å². The van der Waals surface area contributed by atoms with E-state index in [4.69, 9.17) is 14.7 Å². The van der Waals surface area contributed by atoms with Gasteiger partial charge in [-0.05, 0) is 55.8 Å². The number of benzene rings is 2. The molecule has 0 radical (unpaired) electrons. The van der Waals surface area contributed by atoms with Crippen molar-refractivity contribution in [2.24, 2.45) is 5.92 Å². The Kier molecular flexibility index (Phi) is 8.88. The largest absolute Gasteiger partial charge is 0.373 e. The molecule has 1 fully saturated rings. The summed E-state index contributed by atoms with van der Waals surface area (Å²) in [5, 5.41) is 8.27. The number of aromatic nitrogens is 2. The number of para-hydroxylation sites is 1. The van der Waals surface area contributed by atoms with Crippen LogP contribution in [0.1, 0.15) is 31.2 Å². The van der Waals surface area contributed by atoms with Gasteiger partial charge < -0.3 is 20.3 Å². The fraction of sp³-hybridized carbons (Fsp3) is 0.429. The van der Waals surface area contributed by atoms with Crippen LogP contribution in [-0.2, 0) is 11.3 Å². The highest BCUT2D eigenvalue weighted by atomic mass is 16.5. The molecule has 1 aliphatic rings. The molecule has 0 spiro atoms. The lowest BCUT2D eigenvalue weighted by molar-refractivity contribution is 0.148. The summed E-state index contributed by atoms with van der Waals surface area (Å²) in [5.41, 5.74) is 2.20. The zero-order chi connectivity index (χ0) is 23.6. The van der Waals surface area contributed by atoms with Crippen LogP contribution in [0.4, 0.5) is 11.8 Å². The molecule has 0 saturated heterocycles. The number of ether oxygens (including phenoxy) is 1. The summed E-state index contributed by atoms with van der Waals surface area (Å²) in [6, 6.07) is 18.9. The molecule has 0 bridgehead atoms. The molecule has 0 unspecified atom stereocenters. The van der Waals surface area contributed by atoms with E-state index >= 15 is 0 Å². The second kappa shape index (κ2) is 12.5. The minimum Gasteiger partial charge on any atom is -0.373 e. The summed E-state index contributed by atoms with van der Waals surface area (Å²) in [6.45, 7) is 3.28. The molecular weight excluding hydrogens is 422 g/mol. The first-order chi connectivity index (χ1) is 16.7. The maximum Gasteiger partial charge on any atom is 0.225 e. The smallest absolute Gasteiger partial charge is 0.225 e. The summed E-state index contributed by atoms with van der Waals surface area (Å²) in [4.78, 5) is 11.6. The number of nitrogens with zero attached hydrogens (tertiary/aromatic N) is 3. The van der Waals surface area contributed by atoms with E-state index in [0.29, 0.717) is 19.3 Å². The summed E-state index contributed by atoms with van der Waals surface area (Å²) < 4.78 is 5.69. The lowest BCUT2D eigenvalue weighted by atomic mass is 9.86.